The number of nitrogens with one attached hydrogen (secondary N) is 1. The van der Waals surface area contributed by atoms with Crippen molar-refractivity contribution < 1.29 is 18.0 Å². The van der Waals surface area contributed by atoms with Crippen molar-refractivity contribution in [3.8, 4) is 11.1 Å². The molecule has 7 heteroatoms. The normalized spacial score (nSPS) is 11.5. The Morgan fingerprint density at radius 1 is 1.00 bits per heavy atom. The highest BCUT2D eigenvalue weighted by Crippen LogP contribution is 2.31. The Morgan fingerprint density at radius 3 is 2.18 bits per heavy atom. The number of benzene rings is 2. The molecule has 0 aliphatic carbocycles. The van der Waals surface area contributed by atoms with Gasteiger partial charge in [0.15, 0.2) is 4.84 Å². The second-order valence-corrected chi connectivity index (χ2v) is 5.54. The average molecular weight is 348 g/mol. The van der Waals surface area contributed by atoms with Gasteiger partial charge in [0, 0.05) is 5.69 Å². The Hall–Kier alpha value is -1.72. The number of amides is 1. The van der Waals surface area contributed by atoms with Gasteiger partial charge in [0.25, 0.3) is 5.91 Å². The van der Waals surface area contributed by atoms with E-state index in [2.05, 4.69) is 5.32 Å². The van der Waals surface area contributed by atoms with Crippen LogP contribution < -0.4 is 5.32 Å². The molecule has 2 nitrogen and oxygen atoms in total. The van der Waals surface area contributed by atoms with E-state index < -0.39 is 22.5 Å². The molecule has 0 atom stereocenters. The van der Waals surface area contributed by atoms with Gasteiger partial charge in [-0.25, -0.2) is 0 Å². The maximum absolute atomic E-state index is 12.5. The molecule has 0 spiro atoms. The van der Waals surface area contributed by atoms with Crippen molar-refractivity contribution in [1.29, 1.82) is 0 Å². The number of hydrogen-bond donors (Lipinski definition) is 1. The topological polar surface area (TPSA) is 29.1 Å². The van der Waals surface area contributed by atoms with Gasteiger partial charge < -0.3 is 5.32 Å². The molecule has 0 aliphatic heterocycles. The van der Waals surface area contributed by atoms with Gasteiger partial charge in [0.1, 0.15) is 0 Å². The number of rotatable bonds is 3. The summed E-state index contributed by atoms with van der Waals surface area (Å²) in [7, 11) is 0. The second-order valence-electron chi connectivity index (χ2n) is 4.45. The van der Waals surface area contributed by atoms with Crippen LogP contribution in [0.5, 0.6) is 0 Å². The van der Waals surface area contributed by atoms with Crippen LogP contribution >= 0.6 is 23.2 Å². The molecule has 0 radical (unpaired) electrons. The number of carbonyl (C=O) groups is 1. The molecule has 1 N–H and O–H groups in total. The summed E-state index contributed by atoms with van der Waals surface area (Å²) in [5.41, 5.74) is 0.992. The van der Waals surface area contributed by atoms with E-state index in [0.29, 0.717) is 16.8 Å². The number of carbonyl (C=O) groups excluding carboxylic acids is 1. The van der Waals surface area contributed by atoms with Gasteiger partial charge >= 0.3 is 6.18 Å². The minimum Gasteiger partial charge on any atom is -0.324 e. The number of anilines is 1. The van der Waals surface area contributed by atoms with Gasteiger partial charge in [-0.3, -0.25) is 4.79 Å². The van der Waals surface area contributed by atoms with Gasteiger partial charge in [-0.15, -0.1) is 0 Å². The van der Waals surface area contributed by atoms with E-state index in [1.165, 1.54) is 12.1 Å². The van der Waals surface area contributed by atoms with Crippen LogP contribution in [-0.2, 0) is 11.0 Å². The third kappa shape index (κ3) is 4.15. The van der Waals surface area contributed by atoms with Crippen LogP contribution in [0.3, 0.4) is 0 Å². The van der Waals surface area contributed by atoms with Crippen molar-refractivity contribution in [3.63, 3.8) is 0 Å². The molecule has 116 valence electrons. The van der Waals surface area contributed by atoms with Gasteiger partial charge in [-0.05, 0) is 35.4 Å². The molecule has 0 heterocycles. The molecular formula is C15H10Cl2F3NO. The largest absolute Gasteiger partial charge is 0.416 e. The van der Waals surface area contributed by atoms with Gasteiger partial charge in [0.05, 0.1) is 5.56 Å². The lowest BCUT2D eigenvalue weighted by Gasteiger charge is -2.10. The Kier molecular flexibility index (Phi) is 4.98. The van der Waals surface area contributed by atoms with Crippen molar-refractivity contribution in [2.45, 2.75) is 11.0 Å². The summed E-state index contributed by atoms with van der Waals surface area (Å²) in [6.07, 6.45) is -4.37. The zero-order valence-electron chi connectivity index (χ0n) is 11.0. The van der Waals surface area contributed by atoms with Crippen molar-refractivity contribution in [2.75, 3.05) is 5.32 Å². The lowest BCUT2D eigenvalue weighted by molar-refractivity contribution is -0.137. The van der Waals surface area contributed by atoms with Crippen LogP contribution in [0.4, 0.5) is 18.9 Å². The highest BCUT2D eigenvalue weighted by atomic mass is 35.5. The first kappa shape index (κ1) is 16.6. The van der Waals surface area contributed by atoms with Crippen LogP contribution in [0.2, 0.25) is 0 Å². The first-order valence-corrected chi connectivity index (χ1v) is 7.01. The second kappa shape index (κ2) is 6.58. The fourth-order valence-corrected chi connectivity index (χ4v) is 1.93. The van der Waals surface area contributed by atoms with E-state index in [-0.39, 0.29) is 0 Å². The van der Waals surface area contributed by atoms with E-state index >= 15 is 0 Å². The molecule has 0 bridgehead atoms. The predicted octanol–water partition coefficient (Wildman–Crippen LogP) is 5.11. The Bertz CT molecular complexity index is 669. The summed E-state index contributed by atoms with van der Waals surface area (Å²) in [6.45, 7) is 0. The van der Waals surface area contributed by atoms with E-state index in [9.17, 15) is 18.0 Å². The Labute approximate surface area is 134 Å². The van der Waals surface area contributed by atoms with E-state index in [1.54, 1.807) is 24.3 Å². The van der Waals surface area contributed by atoms with Crippen molar-refractivity contribution in [1.82, 2.24) is 0 Å². The zero-order valence-corrected chi connectivity index (χ0v) is 12.5. The summed E-state index contributed by atoms with van der Waals surface area (Å²) in [6, 6.07) is 11.4. The number of halogens is 5. The molecule has 2 aromatic rings. The molecule has 0 saturated heterocycles. The van der Waals surface area contributed by atoms with Crippen LogP contribution in [-0.4, -0.2) is 10.7 Å². The standard InChI is InChI=1S/C15H10Cl2F3NO/c16-13(17)14(22)21-12-3-1-2-10(8-12)9-4-6-11(7-5-9)15(18,19)20/h1-8,13H,(H,21,22). The lowest BCUT2D eigenvalue weighted by atomic mass is 10.0. The summed E-state index contributed by atoms with van der Waals surface area (Å²) in [5.74, 6) is -0.576. The minimum absolute atomic E-state index is 0.452. The first-order chi connectivity index (χ1) is 10.3. The third-order valence-electron chi connectivity index (χ3n) is 2.87. The van der Waals surface area contributed by atoms with Gasteiger partial charge in [-0.1, -0.05) is 47.5 Å². The highest BCUT2D eigenvalue weighted by molar-refractivity contribution is 6.54. The molecule has 2 rings (SSSR count). The first-order valence-electron chi connectivity index (χ1n) is 6.14. The molecule has 0 fully saturated rings. The van der Waals surface area contributed by atoms with Gasteiger partial charge in [0.2, 0.25) is 0 Å². The highest BCUT2D eigenvalue weighted by Gasteiger charge is 2.29. The molecule has 0 aromatic heterocycles. The zero-order chi connectivity index (χ0) is 16.3. The fourth-order valence-electron chi connectivity index (χ4n) is 1.82. The summed E-state index contributed by atoms with van der Waals surface area (Å²) < 4.78 is 37.6. The van der Waals surface area contributed by atoms with E-state index in [0.717, 1.165) is 12.1 Å². The van der Waals surface area contributed by atoms with Crippen molar-refractivity contribution in [2.24, 2.45) is 0 Å². The molecule has 1 amide bonds. The molecule has 2 aromatic carbocycles. The number of hydrogen-bond acceptors (Lipinski definition) is 1. The fraction of sp³-hybridized carbons (Fsp3) is 0.133. The van der Waals surface area contributed by atoms with Crippen LogP contribution in [0.1, 0.15) is 5.56 Å². The van der Waals surface area contributed by atoms with Crippen LogP contribution in [0.25, 0.3) is 11.1 Å². The monoisotopic (exact) mass is 347 g/mol. The molecule has 0 unspecified atom stereocenters. The SMILES string of the molecule is O=C(Nc1cccc(-c2ccc(C(F)(F)F)cc2)c1)C(Cl)Cl. The Morgan fingerprint density at radius 2 is 1.64 bits per heavy atom. The van der Waals surface area contributed by atoms with Crippen LogP contribution in [0.15, 0.2) is 48.5 Å². The van der Waals surface area contributed by atoms with Crippen LogP contribution in [0, 0.1) is 0 Å². The summed E-state index contributed by atoms with van der Waals surface area (Å²) in [4.78, 5) is 10.2. The maximum atomic E-state index is 12.5. The predicted molar refractivity (Wildman–Crippen MR) is 81.0 cm³/mol. The quantitative estimate of drug-likeness (QED) is 0.767. The molecule has 0 saturated carbocycles. The summed E-state index contributed by atoms with van der Waals surface area (Å²) >= 11 is 10.9. The smallest absolute Gasteiger partial charge is 0.324 e. The minimum atomic E-state index is -4.37. The van der Waals surface area contributed by atoms with Gasteiger partial charge in [-0.2, -0.15) is 13.2 Å². The maximum Gasteiger partial charge on any atom is 0.416 e. The molecule has 0 aliphatic rings. The number of alkyl halides is 5. The van der Waals surface area contributed by atoms with E-state index in [1.807, 2.05) is 0 Å². The molecule has 22 heavy (non-hydrogen) atoms. The third-order valence-corrected chi connectivity index (χ3v) is 3.27. The average Bonchev–Trinajstić information content (AvgIpc) is 2.46. The Balaban J connectivity index is 2.24. The lowest BCUT2D eigenvalue weighted by Crippen LogP contribution is -2.18. The van der Waals surface area contributed by atoms with E-state index in [4.69, 9.17) is 23.2 Å². The van der Waals surface area contributed by atoms with Crippen molar-refractivity contribution in [3.05, 3.63) is 54.1 Å². The molecular weight excluding hydrogens is 338 g/mol. The van der Waals surface area contributed by atoms with Crippen molar-refractivity contribution >= 4 is 34.8 Å². The summed E-state index contributed by atoms with van der Waals surface area (Å²) in [5, 5.41) is 2.50.